The first-order valence-electron chi connectivity index (χ1n) is 8.70. The van der Waals surface area contributed by atoms with Crippen molar-refractivity contribution >= 4 is 11.2 Å². The van der Waals surface area contributed by atoms with Gasteiger partial charge in [-0.25, -0.2) is 15.0 Å². The van der Waals surface area contributed by atoms with E-state index in [1.807, 2.05) is 0 Å². The molecule has 9 nitrogen and oxygen atoms in total. The molecule has 0 radical (unpaired) electrons. The summed E-state index contributed by atoms with van der Waals surface area (Å²) in [6, 6.07) is 0. The lowest BCUT2D eigenvalue weighted by atomic mass is 10.1. The maximum atomic E-state index is 10.2. The van der Waals surface area contributed by atoms with Crippen LogP contribution in [0, 0.1) is 0 Å². The van der Waals surface area contributed by atoms with E-state index in [4.69, 9.17) is 4.74 Å². The lowest BCUT2D eigenvalue weighted by molar-refractivity contribution is -0.0511. The molecule has 9 heteroatoms. The van der Waals surface area contributed by atoms with Gasteiger partial charge in [-0.1, -0.05) is 6.42 Å². The number of imidazole rings is 1. The number of likely N-dealkylation sites (tertiary alicyclic amines) is 1. The van der Waals surface area contributed by atoms with Crippen molar-refractivity contribution in [3.8, 4) is 0 Å². The van der Waals surface area contributed by atoms with Crippen LogP contribution < -0.4 is 0 Å². The van der Waals surface area contributed by atoms with E-state index in [9.17, 15) is 15.3 Å². The molecule has 0 amide bonds. The number of piperidine rings is 1. The van der Waals surface area contributed by atoms with Gasteiger partial charge in [0.1, 0.15) is 30.2 Å². The van der Waals surface area contributed by atoms with Gasteiger partial charge in [-0.2, -0.15) is 0 Å². The molecular weight excluding hydrogens is 326 g/mol. The van der Waals surface area contributed by atoms with Gasteiger partial charge in [-0.15, -0.1) is 0 Å². The van der Waals surface area contributed by atoms with Crippen LogP contribution in [-0.4, -0.2) is 77.7 Å². The Balaban J connectivity index is 1.62. The third kappa shape index (κ3) is 3.02. The van der Waals surface area contributed by atoms with Crippen molar-refractivity contribution in [1.82, 2.24) is 24.4 Å². The largest absolute Gasteiger partial charge is 0.394 e. The molecule has 4 rings (SSSR count). The highest BCUT2D eigenvalue weighted by Crippen LogP contribution is 2.31. The van der Waals surface area contributed by atoms with Crippen molar-refractivity contribution in [2.45, 2.75) is 50.3 Å². The zero-order chi connectivity index (χ0) is 17.4. The topological polar surface area (TPSA) is 117 Å². The van der Waals surface area contributed by atoms with Crippen LogP contribution in [0.25, 0.3) is 11.2 Å². The highest BCUT2D eigenvalue weighted by molar-refractivity contribution is 5.73. The third-order valence-electron chi connectivity index (χ3n) is 5.05. The molecule has 2 aromatic rings. The lowest BCUT2D eigenvalue weighted by Gasteiger charge is -2.25. The molecule has 0 aliphatic carbocycles. The minimum Gasteiger partial charge on any atom is -0.394 e. The fraction of sp³-hybridized carbons (Fsp3) is 0.688. The molecule has 0 aromatic carbocycles. The predicted molar refractivity (Wildman–Crippen MR) is 87.5 cm³/mol. The van der Waals surface area contributed by atoms with Crippen molar-refractivity contribution in [1.29, 1.82) is 0 Å². The maximum absolute atomic E-state index is 10.2. The minimum absolute atomic E-state index is 0.365. The number of ether oxygens (including phenoxy) is 1. The summed E-state index contributed by atoms with van der Waals surface area (Å²) >= 11 is 0. The van der Waals surface area contributed by atoms with E-state index in [0.29, 0.717) is 17.7 Å². The Morgan fingerprint density at radius 1 is 1.08 bits per heavy atom. The zero-order valence-electron chi connectivity index (χ0n) is 13.9. The number of aliphatic hydroxyl groups excluding tert-OH is 3. The van der Waals surface area contributed by atoms with Crippen LogP contribution >= 0.6 is 0 Å². The normalized spacial score (nSPS) is 31.0. The number of hydrogen-bond donors (Lipinski definition) is 3. The van der Waals surface area contributed by atoms with Crippen LogP contribution in [0.5, 0.6) is 0 Å². The molecule has 2 aliphatic rings. The van der Waals surface area contributed by atoms with Gasteiger partial charge >= 0.3 is 0 Å². The number of rotatable bonds is 4. The fourth-order valence-corrected chi connectivity index (χ4v) is 3.64. The monoisotopic (exact) mass is 349 g/mol. The summed E-state index contributed by atoms with van der Waals surface area (Å²) in [6.07, 6.45) is 2.73. The second-order valence-electron chi connectivity index (χ2n) is 6.71. The van der Waals surface area contributed by atoms with Crippen LogP contribution in [0.15, 0.2) is 12.7 Å². The van der Waals surface area contributed by atoms with Gasteiger partial charge in [-0.3, -0.25) is 9.47 Å². The van der Waals surface area contributed by atoms with Gasteiger partial charge in [0.15, 0.2) is 11.9 Å². The van der Waals surface area contributed by atoms with E-state index in [0.717, 1.165) is 18.8 Å². The molecular formula is C16H23N5O4. The third-order valence-corrected chi connectivity index (χ3v) is 5.05. The first-order chi connectivity index (χ1) is 12.2. The Morgan fingerprint density at radius 3 is 2.60 bits per heavy atom. The van der Waals surface area contributed by atoms with Gasteiger partial charge in [0.05, 0.1) is 18.6 Å². The molecule has 136 valence electrons. The highest BCUT2D eigenvalue weighted by atomic mass is 16.6. The molecule has 0 bridgehead atoms. The van der Waals surface area contributed by atoms with Crippen LogP contribution in [0.2, 0.25) is 0 Å². The predicted octanol–water partition coefficient (Wildman–Crippen LogP) is -0.576. The van der Waals surface area contributed by atoms with Crippen molar-refractivity contribution in [3.63, 3.8) is 0 Å². The lowest BCUT2D eigenvalue weighted by Crippen LogP contribution is -2.33. The van der Waals surface area contributed by atoms with Crippen LogP contribution in [0.4, 0.5) is 0 Å². The van der Waals surface area contributed by atoms with Crippen molar-refractivity contribution in [2.24, 2.45) is 0 Å². The van der Waals surface area contributed by atoms with E-state index in [-0.39, 0.29) is 6.61 Å². The summed E-state index contributed by atoms with van der Waals surface area (Å²) in [6.45, 7) is 2.46. The highest BCUT2D eigenvalue weighted by Gasteiger charge is 2.44. The van der Waals surface area contributed by atoms with Crippen molar-refractivity contribution in [3.05, 3.63) is 18.3 Å². The average molecular weight is 349 g/mol. The summed E-state index contributed by atoms with van der Waals surface area (Å²) in [7, 11) is 0. The molecule has 3 N–H and O–H groups in total. The summed E-state index contributed by atoms with van der Waals surface area (Å²) in [4.78, 5) is 15.4. The number of hydrogen-bond acceptors (Lipinski definition) is 8. The zero-order valence-corrected chi connectivity index (χ0v) is 13.9. The Kier molecular flexibility index (Phi) is 4.65. The van der Waals surface area contributed by atoms with Gasteiger partial charge in [0.2, 0.25) is 0 Å². The molecule has 0 spiro atoms. The fourth-order valence-electron chi connectivity index (χ4n) is 3.64. The molecule has 2 fully saturated rings. The Labute approximate surface area is 144 Å². The summed E-state index contributed by atoms with van der Waals surface area (Å²) < 4.78 is 7.18. The smallest absolute Gasteiger partial charge is 0.165 e. The van der Waals surface area contributed by atoms with Gasteiger partial charge < -0.3 is 20.1 Å². The summed E-state index contributed by atoms with van der Waals surface area (Å²) in [5.41, 5.74) is 2.07. The summed E-state index contributed by atoms with van der Waals surface area (Å²) in [5, 5.41) is 29.5. The standard InChI is InChI=1S/C16H23N5O4/c22-7-11-13(23)14(24)16(25-11)21-9-19-12-10(17-8-18-15(12)21)6-20-4-2-1-3-5-20/h8-9,11,13-14,16,22-24H,1-7H2/t11-,13-,14-,16-/m1/s1. The van der Waals surface area contributed by atoms with Crippen LogP contribution in [-0.2, 0) is 11.3 Å². The molecule has 2 aromatic heterocycles. The van der Waals surface area contributed by atoms with E-state index in [1.165, 1.54) is 25.6 Å². The number of aliphatic hydroxyl groups is 3. The Hall–Kier alpha value is -1.65. The average Bonchev–Trinajstić information content (AvgIpc) is 3.18. The second kappa shape index (κ2) is 6.93. The molecule has 0 unspecified atom stereocenters. The summed E-state index contributed by atoms with van der Waals surface area (Å²) in [5.74, 6) is 0. The maximum Gasteiger partial charge on any atom is 0.165 e. The SMILES string of the molecule is OC[C@H]1O[C@@H](n2cnc3c(CN4CCCCC4)ncnc32)[C@H](O)[C@@H]1O. The number of aromatic nitrogens is 4. The van der Waals surface area contributed by atoms with Crippen LogP contribution in [0.1, 0.15) is 31.2 Å². The Morgan fingerprint density at radius 2 is 1.88 bits per heavy atom. The number of fused-ring (bicyclic) bond motifs is 1. The molecule has 4 atom stereocenters. The van der Waals surface area contributed by atoms with Gasteiger partial charge in [-0.05, 0) is 25.9 Å². The van der Waals surface area contributed by atoms with Gasteiger partial charge in [0, 0.05) is 6.54 Å². The molecule has 2 saturated heterocycles. The van der Waals surface area contributed by atoms with E-state index in [1.54, 1.807) is 10.9 Å². The molecule has 25 heavy (non-hydrogen) atoms. The van der Waals surface area contributed by atoms with Crippen molar-refractivity contribution < 1.29 is 20.1 Å². The quantitative estimate of drug-likeness (QED) is 0.671. The second-order valence-corrected chi connectivity index (χ2v) is 6.71. The van der Waals surface area contributed by atoms with E-state index >= 15 is 0 Å². The molecule has 0 saturated carbocycles. The Bertz CT molecular complexity index is 732. The first kappa shape index (κ1) is 16.8. The first-order valence-corrected chi connectivity index (χ1v) is 8.70. The molecule has 2 aliphatic heterocycles. The van der Waals surface area contributed by atoms with Crippen LogP contribution in [0.3, 0.4) is 0 Å². The van der Waals surface area contributed by atoms with Crippen molar-refractivity contribution in [2.75, 3.05) is 19.7 Å². The van der Waals surface area contributed by atoms with E-state index in [2.05, 4.69) is 19.9 Å². The number of nitrogens with zero attached hydrogens (tertiary/aromatic N) is 5. The van der Waals surface area contributed by atoms with E-state index < -0.39 is 24.5 Å². The minimum atomic E-state index is -1.16. The molecule has 4 heterocycles. The van der Waals surface area contributed by atoms with Gasteiger partial charge in [0.25, 0.3) is 0 Å².